The number of nitrogens with zero attached hydrogens (tertiary/aromatic N) is 5. The van der Waals surface area contributed by atoms with Crippen LogP contribution < -0.4 is 15.5 Å². The van der Waals surface area contributed by atoms with Crippen LogP contribution in [0.3, 0.4) is 0 Å². The fourth-order valence-corrected chi connectivity index (χ4v) is 4.98. The first-order valence-electron chi connectivity index (χ1n) is 12.9. The van der Waals surface area contributed by atoms with Crippen molar-refractivity contribution in [3.63, 3.8) is 0 Å². The van der Waals surface area contributed by atoms with Gasteiger partial charge < -0.3 is 15.5 Å². The molecule has 208 valence electrons. The predicted octanol–water partition coefficient (Wildman–Crippen LogP) is 5.04. The number of nitrogens with one attached hydrogen (secondary N) is 2. The number of halogens is 3. The Bertz CT molecular complexity index is 1660. The zero-order valence-electron chi connectivity index (χ0n) is 21.9. The van der Waals surface area contributed by atoms with E-state index in [2.05, 4.69) is 25.6 Å². The van der Waals surface area contributed by atoms with Gasteiger partial charge in [-0.1, -0.05) is 12.1 Å². The highest BCUT2D eigenvalue weighted by molar-refractivity contribution is 6.07. The monoisotopic (exact) mass is 559 g/mol. The first-order chi connectivity index (χ1) is 19.6. The Morgan fingerprint density at radius 1 is 1.07 bits per heavy atom. The highest BCUT2D eigenvalue weighted by Gasteiger charge is 2.58. The second kappa shape index (κ2) is 9.95. The normalized spacial score (nSPS) is 15.4. The molecule has 4 heterocycles. The number of amides is 2. The molecule has 9 nitrogen and oxygen atoms in total. The van der Waals surface area contributed by atoms with Gasteiger partial charge in [-0.15, -0.1) is 0 Å². The van der Waals surface area contributed by atoms with Gasteiger partial charge in [0.05, 0.1) is 28.8 Å². The van der Waals surface area contributed by atoms with E-state index in [9.17, 15) is 22.8 Å². The maximum Gasteiger partial charge on any atom is 0.417 e. The zero-order valence-corrected chi connectivity index (χ0v) is 21.9. The number of rotatable bonds is 6. The van der Waals surface area contributed by atoms with E-state index in [4.69, 9.17) is 4.98 Å². The first kappa shape index (κ1) is 26.4. The number of aryl methyl sites for hydroxylation is 1. The SMILES string of the molecule is Cc1ccc(NC(=O)c2cncc(C(F)(F)F)c2)cc1N1Cc2cnc(NCc3cccnc3)nc2C2(CC2)C1=O. The van der Waals surface area contributed by atoms with Crippen LogP contribution in [0.1, 0.15) is 51.1 Å². The highest BCUT2D eigenvalue weighted by Crippen LogP contribution is 2.53. The van der Waals surface area contributed by atoms with Crippen LogP contribution in [-0.4, -0.2) is 31.8 Å². The summed E-state index contributed by atoms with van der Waals surface area (Å²) in [5, 5.41) is 5.83. The molecule has 1 aromatic carbocycles. The van der Waals surface area contributed by atoms with Crippen molar-refractivity contribution in [1.82, 2.24) is 19.9 Å². The molecular weight excluding hydrogens is 535 g/mol. The van der Waals surface area contributed by atoms with Gasteiger partial charge in [0.15, 0.2) is 0 Å². The van der Waals surface area contributed by atoms with E-state index in [-0.39, 0.29) is 18.0 Å². The number of fused-ring (bicyclic) bond motifs is 2. The van der Waals surface area contributed by atoms with E-state index in [0.717, 1.165) is 34.6 Å². The minimum Gasteiger partial charge on any atom is -0.350 e. The average molecular weight is 560 g/mol. The number of anilines is 3. The van der Waals surface area contributed by atoms with Crippen molar-refractivity contribution in [2.75, 3.05) is 15.5 Å². The van der Waals surface area contributed by atoms with Gasteiger partial charge in [0.1, 0.15) is 0 Å². The summed E-state index contributed by atoms with van der Waals surface area (Å²) in [4.78, 5) is 45.1. The summed E-state index contributed by atoms with van der Waals surface area (Å²) >= 11 is 0. The van der Waals surface area contributed by atoms with Crippen LogP contribution in [0.15, 0.2) is 67.4 Å². The maximum atomic E-state index is 13.8. The van der Waals surface area contributed by atoms with Gasteiger partial charge in [0.25, 0.3) is 5.91 Å². The number of benzene rings is 1. The van der Waals surface area contributed by atoms with Crippen LogP contribution >= 0.6 is 0 Å². The van der Waals surface area contributed by atoms with Gasteiger partial charge in [0.2, 0.25) is 11.9 Å². The molecule has 1 aliphatic carbocycles. The molecule has 1 saturated carbocycles. The van der Waals surface area contributed by atoms with Crippen LogP contribution in [0.25, 0.3) is 0 Å². The third kappa shape index (κ3) is 5.08. The molecule has 41 heavy (non-hydrogen) atoms. The van der Waals surface area contributed by atoms with Crippen molar-refractivity contribution in [3.05, 3.63) is 101 Å². The Morgan fingerprint density at radius 3 is 2.63 bits per heavy atom. The van der Waals surface area contributed by atoms with Gasteiger partial charge in [-0.2, -0.15) is 13.2 Å². The molecule has 2 N–H and O–H groups in total. The van der Waals surface area contributed by atoms with E-state index < -0.39 is 23.1 Å². The Kier molecular flexibility index (Phi) is 6.40. The molecule has 4 aromatic rings. The Hall–Kier alpha value is -4.87. The van der Waals surface area contributed by atoms with E-state index >= 15 is 0 Å². The molecule has 2 amide bonds. The van der Waals surface area contributed by atoms with E-state index in [1.54, 1.807) is 41.7 Å². The molecule has 1 spiro atoms. The molecular formula is C29H24F3N7O2. The van der Waals surface area contributed by atoms with Crippen molar-refractivity contribution in [3.8, 4) is 0 Å². The molecule has 1 fully saturated rings. The molecule has 0 bridgehead atoms. The summed E-state index contributed by atoms with van der Waals surface area (Å²) in [5.74, 6) is -0.396. The summed E-state index contributed by atoms with van der Waals surface area (Å²) in [6.45, 7) is 2.59. The number of carbonyl (C=O) groups is 2. The van der Waals surface area contributed by atoms with Gasteiger partial charge in [-0.25, -0.2) is 9.97 Å². The van der Waals surface area contributed by atoms with Crippen molar-refractivity contribution < 1.29 is 22.8 Å². The molecule has 0 radical (unpaired) electrons. The Balaban J connectivity index is 1.24. The first-order valence-corrected chi connectivity index (χ1v) is 12.9. The molecule has 6 rings (SSSR count). The highest BCUT2D eigenvalue weighted by atomic mass is 19.4. The number of hydrogen-bond acceptors (Lipinski definition) is 7. The Morgan fingerprint density at radius 2 is 1.90 bits per heavy atom. The lowest BCUT2D eigenvalue weighted by Crippen LogP contribution is -2.45. The predicted molar refractivity (Wildman–Crippen MR) is 144 cm³/mol. The molecule has 3 aromatic heterocycles. The lowest BCUT2D eigenvalue weighted by molar-refractivity contribution is -0.137. The molecule has 12 heteroatoms. The molecule has 0 atom stereocenters. The minimum absolute atomic E-state index is 0.0874. The number of pyridine rings is 2. The summed E-state index contributed by atoms with van der Waals surface area (Å²) < 4.78 is 39.2. The second-order valence-corrected chi connectivity index (χ2v) is 10.2. The zero-order chi connectivity index (χ0) is 28.8. The number of aromatic nitrogens is 4. The fraction of sp³-hybridized carbons (Fsp3) is 0.241. The molecule has 1 aliphatic heterocycles. The number of carbonyl (C=O) groups excluding carboxylic acids is 2. The number of hydrogen-bond donors (Lipinski definition) is 2. The summed E-state index contributed by atoms with van der Waals surface area (Å²) in [7, 11) is 0. The Labute approximate surface area is 232 Å². The van der Waals surface area contributed by atoms with E-state index in [1.807, 2.05) is 19.1 Å². The minimum atomic E-state index is -4.62. The summed E-state index contributed by atoms with van der Waals surface area (Å²) in [6.07, 6.45) is 3.62. The van der Waals surface area contributed by atoms with Crippen molar-refractivity contribution in [2.45, 2.75) is 44.4 Å². The quantitative estimate of drug-likeness (QED) is 0.341. The third-order valence-corrected chi connectivity index (χ3v) is 7.31. The van der Waals surface area contributed by atoms with Gasteiger partial charge >= 0.3 is 6.18 Å². The molecule has 2 aliphatic rings. The van der Waals surface area contributed by atoms with Gasteiger partial charge in [-0.3, -0.25) is 19.6 Å². The second-order valence-electron chi connectivity index (χ2n) is 10.2. The van der Waals surface area contributed by atoms with Crippen LogP contribution in [0.5, 0.6) is 0 Å². The fourth-order valence-electron chi connectivity index (χ4n) is 4.98. The van der Waals surface area contributed by atoms with Crippen LogP contribution in [-0.2, 0) is 29.5 Å². The standard InChI is InChI=1S/C29H24F3N7O2/c1-17-4-5-22(37-25(40)19-9-21(15-34-13-19)29(30,31)32)10-23(17)39-16-20-14-36-27(35-12-18-3-2-8-33-11-18)38-24(20)28(6-7-28)26(39)41/h2-5,8-11,13-15H,6-7,12,16H2,1H3,(H,37,40)(H,35,36,38). The maximum absolute atomic E-state index is 13.8. The van der Waals surface area contributed by atoms with Crippen LogP contribution in [0.4, 0.5) is 30.5 Å². The van der Waals surface area contributed by atoms with E-state index in [1.165, 1.54) is 0 Å². The lowest BCUT2D eigenvalue weighted by Gasteiger charge is -2.34. The topological polar surface area (TPSA) is 113 Å². The van der Waals surface area contributed by atoms with Crippen molar-refractivity contribution >= 4 is 29.1 Å². The van der Waals surface area contributed by atoms with Crippen molar-refractivity contribution in [2.24, 2.45) is 0 Å². The summed E-state index contributed by atoms with van der Waals surface area (Å²) in [5.41, 5.74) is 2.27. The lowest BCUT2D eigenvalue weighted by atomic mass is 9.91. The molecule has 0 saturated heterocycles. The average Bonchev–Trinajstić information content (AvgIpc) is 3.77. The van der Waals surface area contributed by atoms with Crippen molar-refractivity contribution in [1.29, 1.82) is 0 Å². The van der Waals surface area contributed by atoms with Crippen LogP contribution in [0, 0.1) is 6.92 Å². The van der Waals surface area contributed by atoms with Gasteiger partial charge in [-0.05, 0) is 55.2 Å². The van der Waals surface area contributed by atoms with Gasteiger partial charge in [0, 0.05) is 54.5 Å². The smallest absolute Gasteiger partial charge is 0.350 e. The van der Waals surface area contributed by atoms with E-state index in [0.29, 0.717) is 42.9 Å². The molecule has 0 unspecified atom stereocenters. The third-order valence-electron chi connectivity index (χ3n) is 7.31. The summed E-state index contributed by atoms with van der Waals surface area (Å²) in [6, 6.07) is 9.58. The van der Waals surface area contributed by atoms with Crippen LogP contribution in [0.2, 0.25) is 0 Å². The largest absolute Gasteiger partial charge is 0.417 e. The number of alkyl halides is 3.